The SMILES string of the molecule is CN(C)C(=O)[C@H]1[C@H]2C[C@H](CN(C3CCCCC3)C2)c2cccc(=O)n21. The van der Waals surface area contributed by atoms with E-state index < -0.39 is 0 Å². The molecular weight excluding hydrogens is 314 g/mol. The van der Waals surface area contributed by atoms with Crippen molar-refractivity contribution in [3.05, 3.63) is 34.2 Å². The van der Waals surface area contributed by atoms with E-state index in [1.807, 2.05) is 6.07 Å². The summed E-state index contributed by atoms with van der Waals surface area (Å²) in [7, 11) is 3.59. The number of hydrogen-bond acceptors (Lipinski definition) is 3. The number of rotatable bonds is 2. The standard InChI is InChI=1S/C20H29N3O2/c1-21(2)20(25)19-15-11-14(17-9-6-10-18(24)23(17)19)12-22(13-15)16-7-4-3-5-8-16/h6,9-10,14-16,19H,3-5,7-8,11-13H2,1-2H3/t14-,15+,19-/m1/s1. The Morgan fingerprint density at radius 3 is 2.60 bits per heavy atom. The lowest BCUT2D eigenvalue weighted by molar-refractivity contribution is -0.136. The molecule has 2 fully saturated rings. The van der Waals surface area contributed by atoms with Crippen LogP contribution in [0.25, 0.3) is 0 Å². The minimum Gasteiger partial charge on any atom is -0.347 e. The Balaban J connectivity index is 1.72. The normalized spacial score (nSPS) is 29.9. The molecule has 136 valence electrons. The van der Waals surface area contributed by atoms with Gasteiger partial charge in [-0.15, -0.1) is 0 Å². The number of likely N-dealkylation sites (tertiary alicyclic amines) is 1. The van der Waals surface area contributed by atoms with Crippen molar-refractivity contribution in [1.29, 1.82) is 0 Å². The van der Waals surface area contributed by atoms with Crippen LogP contribution in [0.15, 0.2) is 23.0 Å². The van der Waals surface area contributed by atoms with Gasteiger partial charge >= 0.3 is 0 Å². The van der Waals surface area contributed by atoms with Crippen molar-refractivity contribution < 1.29 is 4.79 Å². The van der Waals surface area contributed by atoms with Gasteiger partial charge in [0.25, 0.3) is 5.56 Å². The molecule has 25 heavy (non-hydrogen) atoms. The minimum atomic E-state index is -0.346. The van der Waals surface area contributed by atoms with Crippen LogP contribution in [0, 0.1) is 5.92 Å². The third-order valence-corrected chi connectivity index (χ3v) is 6.46. The number of carbonyl (C=O) groups excluding carboxylic acids is 1. The van der Waals surface area contributed by atoms with E-state index in [0.717, 1.165) is 25.2 Å². The van der Waals surface area contributed by atoms with Gasteiger partial charge in [0, 0.05) is 56.8 Å². The summed E-state index contributed by atoms with van der Waals surface area (Å²) >= 11 is 0. The third kappa shape index (κ3) is 2.92. The topological polar surface area (TPSA) is 45.6 Å². The second kappa shape index (κ2) is 6.60. The summed E-state index contributed by atoms with van der Waals surface area (Å²) in [5, 5.41) is 0. The first-order chi connectivity index (χ1) is 12.1. The van der Waals surface area contributed by atoms with Crippen molar-refractivity contribution in [2.75, 3.05) is 27.2 Å². The zero-order valence-corrected chi connectivity index (χ0v) is 15.4. The molecule has 0 radical (unpaired) electrons. The molecule has 1 aromatic heterocycles. The molecule has 1 saturated carbocycles. The number of amides is 1. The fourth-order valence-corrected chi connectivity index (χ4v) is 5.30. The number of likely N-dealkylation sites (N-methyl/N-ethyl adjacent to an activating group) is 1. The predicted molar refractivity (Wildman–Crippen MR) is 97.7 cm³/mol. The molecule has 3 heterocycles. The van der Waals surface area contributed by atoms with Gasteiger partial charge in [0.2, 0.25) is 5.91 Å². The highest BCUT2D eigenvalue weighted by Crippen LogP contribution is 2.43. The Bertz CT molecular complexity index is 705. The maximum atomic E-state index is 12.9. The van der Waals surface area contributed by atoms with Gasteiger partial charge in [-0.3, -0.25) is 19.1 Å². The zero-order chi connectivity index (χ0) is 17.6. The second-order valence-corrected chi connectivity index (χ2v) is 8.27. The molecule has 5 heteroatoms. The maximum Gasteiger partial charge on any atom is 0.251 e. The van der Waals surface area contributed by atoms with Crippen molar-refractivity contribution in [3.8, 4) is 0 Å². The molecule has 0 spiro atoms. The van der Waals surface area contributed by atoms with Gasteiger partial charge < -0.3 is 4.90 Å². The zero-order valence-electron chi connectivity index (χ0n) is 15.4. The molecule has 4 rings (SSSR count). The highest BCUT2D eigenvalue weighted by molar-refractivity contribution is 5.80. The van der Waals surface area contributed by atoms with Gasteiger partial charge in [-0.05, 0) is 25.3 Å². The highest BCUT2D eigenvalue weighted by atomic mass is 16.2. The number of pyridine rings is 1. The second-order valence-electron chi connectivity index (χ2n) is 8.27. The van der Waals surface area contributed by atoms with Gasteiger partial charge in [-0.25, -0.2) is 0 Å². The lowest BCUT2D eigenvalue weighted by Crippen LogP contribution is -2.55. The van der Waals surface area contributed by atoms with Crippen LogP contribution in [0.3, 0.4) is 0 Å². The van der Waals surface area contributed by atoms with Crippen LogP contribution in [0.2, 0.25) is 0 Å². The minimum absolute atomic E-state index is 0.0292. The average Bonchev–Trinajstić information content (AvgIpc) is 2.63. The number of piperidine rings is 1. The van der Waals surface area contributed by atoms with E-state index in [0.29, 0.717) is 12.0 Å². The molecule has 1 aromatic rings. The van der Waals surface area contributed by atoms with Crippen LogP contribution in [0.1, 0.15) is 56.2 Å². The average molecular weight is 343 g/mol. The number of hydrogen-bond donors (Lipinski definition) is 0. The van der Waals surface area contributed by atoms with Crippen LogP contribution in [-0.2, 0) is 4.79 Å². The van der Waals surface area contributed by atoms with Crippen molar-refractivity contribution in [2.24, 2.45) is 5.92 Å². The molecule has 2 bridgehead atoms. The Hall–Kier alpha value is -1.62. The Kier molecular flexibility index (Phi) is 4.44. The Labute approximate surface area is 149 Å². The first kappa shape index (κ1) is 16.8. The largest absolute Gasteiger partial charge is 0.347 e. The quantitative estimate of drug-likeness (QED) is 0.827. The first-order valence-electron chi connectivity index (χ1n) is 9.73. The molecule has 0 N–H and O–H groups in total. The molecule has 1 amide bonds. The smallest absolute Gasteiger partial charge is 0.251 e. The molecule has 0 aromatic carbocycles. The lowest BCUT2D eigenvalue weighted by Gasteiger charge is -2.49. The number of nitrogens with zero attached hydrogens (tertiary/aromatic N) is 3. The van der Waals surface area contributed by atoms with Gasteiger partial charge in [0.15, 0.2) is 0 Å². The van der Waals surface area contributed by atoms with Gasteiger partial charge in [-0.1, -0.05) is 25.3 Å². The van der Waals surface area contributed by atoms with Crippen LogP contribution in [0.4, 0.5) is 0 Å². The van der Waals surface area contributed by atoms with E-state index in [9.17, 15) is 9.59 Å². The monoisotopic (exact) mass is 343 g/mol. The Morgan fingerprint density at radius 1 is 1.12 bits per heavy atom. The predicted octanol–water partition coefficient (Wildman–Crippen LogP) is 2.23. The molecule has 1 aliphatic carbocycles. The van der Waals surface area contributed by atoms with Crippen molar-refractivity contribution in [1.82, 2.24) is 14.4 Å². The summed E-state index contributed by atoms with van der Waals surface area (Å²) in [6, 6.07) is 5.82. The molecule has 5 nitrogen and oxygen atoms in total. The number of aromatic nitrogens is 1. The molecule has 2 aliphatic heterocycles. The Morgan fingerprint density at radius 2 is 1.88 bits per heavy atom. The highest BCUT2D eigenvalue weighted by Gasteiger charge is 2.45. The fourth-order valence-electron chi connectivity index (χ4n) is 5.30. The van der Waals surface area contributed by atoms with Gasteiger partial charge in [0.1, 0.15) is 6.04 Å². The van der Waals surface area contributed by atoms with E-state index in [2.05, 4.69) is 11.0 Å². The maximum absolute atomic E-state index is 12.9. The van der Waals surface area contributed by atoms with E-state index in [1.54, 1.807) is 29.6 Å². The summed E-state index contributed by atoms with van der Waals surface area (Å²) in [5.41, 5.74) is 1.03. The van der Waals surface area contributed by atoms with E-state index in [-0.39, 0.29) is 23.4 Å². The van der Waals surface area contributed by atoms with Crippen molar-refractivity contribution >= 4 is 5.91 Å². The van der Waals surface area contributed by atoms with Crippen molar-refractivity contribution in [2.45, 2.75) is 56.5 Å². The van der Waals surface area contributed by atoms with Crippen LogP contribution >= 0.6 is 0 Å². The van der Waals surface area contributed by atoms with Gasteiger partial charge in [-0.2, -0.15) is 0 Å². The summed E-state index contributed by atoms with van der Waals surface area (Å²) in [6.07, 6.45) is 7.61. The van der Waals surface area contributed by atoms with E-state index >= 15 is 0 Å². The molecule has 3 atom stereocenters. The molecule has 0 unspecified atom stereocenters. The first-order valence-corrected chi connectivity index (χ1v) is 9.73. The van der Waals surface area contributed by atoms with E-state index in [1.165, 1.54) is 32.1 Å². The van der Waals surface area contributed by atoms with E-state index in [4.69, 9.17) is 0 Å². The summed E-state index contributed by atoms with van der Waals surface area (Å²) < 4.78 is 1.80. The van der Waals surface area contributed by atoms with Crippen LogP contribution < -0.4 is 5.56 Å². The number of fused-ring (bicyclic) bond motifs is 4. The van der Waals surface area contributed by atoms with Crippen molar-refractivity contribution in [3.63, 3.8) is 0 Å². The van der Waals surface area contributed by atoms with Crippen LogP contribution in [-0.4, -0.2) is 53.5 Å². The third-order valence-electron chi connectivity index (χ3n) is 6.46. The molecular formula is C20H29N3O2. The number of carbonyl (C=O) groups is 1. The summed E-state index contributed by atoms with van der Waals surface area (Å²) in [4.78, 5) is 29.8. The fraction of sp³-hybridized carbons (Fsp3) is 0.700. The summed E-state index contributed by atoms with van der Waals surface area (Å²) in [5.74, 6) is 0.674. The van der Waals surface area contributed by atoms with Crippen LogP contribution in [0.5, 0.6) is 0 Å². The molecule has 3 aliphatic rings. The molecule has 1 saturated heterocycles. The lowest BCUT2D eigenvalue weighted by atomic mass is 9.76. The van der Waals surface area contributed by atoms with Gasteiger partial charge in [0.05, 0.1) is 0 Å². The summed E-state index contributed by atoms with van der Waals surface area (Å²) in [6.45, 7) is 1.99.